The van der Waals surface area contributed by atoms with Crippen LogP contribution in [0, 0.1) is 11.8 Å². The molecule has 2 aliphatic carbocycles. The van der Waals surface area contributed by atoms with Crippen molar-refractivity contribution < 1.29 is 0 Å². The van der Waals surface area contributed by atoms with Gasteiger partial charge in [0, 0.05) is 0 Å². The molecule has 0 aromatic rings. The summed E-state index contributed by atoms with van der Waals surface area (Å²) in [6, 6.07) is 0. The van der Waals surface area contributed by atoms with Gasteiger partial charge in [-0.2, -0.15) is 0 Å². The number of hydrogen-bond acceptors (Lipinski definition) is 0. The Morgan fingerprint density at radius 2 is 2.12 bits per heavy atom. The lowest BCUT2D eigenvalue weighted by molar-refractivity contribution is 0.897. The summed E-state index contributed by atoms with van der Waals surface area (Å²) in [6.07, 6.45) is 6.76. The molecule has 0 nitrogen and oxygen atoms in total. The molecule has 2 fully saturated rings. The first-order valence-corrected chi connectivity index (χ1v) is 3.56. The first-order chi connectivity index (χ1) is 3.86. The molecule has 2 unspecified atom stereocenters. The van der Waals surface area contributed by atoms with Gasteiger partial charge in [0.05, 0.1) is 0 Å². The predicted octanol–water partition coefficient (Wildman–Crippen LogP) is 2.36. The molecule has 0 heteroatoms. The Labute approximate surface area is 50.6 Å². The number of allylic oxidation sites excluding steroid dienone is 2. The Morgan fingerprint density at radius 3 is 2.50 bits per heavy atom. The molecule has 0 radical (unpaired) electrons. The van der Waals surface area contributed by atoms with Gasteiger partial charge in [-0.15, -0.1) is 0 Å². The van der Waals surface area contributed by atoms with Crippen LogP contribution in [-0.4, -0.2) is 0 Å². The first kappa shape index (κ1) is 4.60. The first-order valence-electron chi connectivity index (χ1n) is 3.56. The molecule has 0 N–H and O–H groups in total. The van der Waals surface area contributed by atoms with E-state index in [-0.39, 0.29) is 0 Å². The maximum absolute atomic E-state index is 2.49. The molecule has 0 aromatic heterocycles. The van der Waals surface area contributed by atoms with Crippen molar-refractivity contribution in [2.75, 3.05) is 0 Å². The molecular weight excluding hydrogens is 96.1 g/mol. The Bertz CT molecular complexity index is 127. The highest BCUT2D eigenvalue weighted by Crippen LogP contribution is 2.43. The van der Waals surface area contributed by atoms with Crippen LogP contribution in [0.15, 0.2) is 11.6 Å². The zero-order valence-electron chi connectivity index (χ0n) is 5.35. The number of rotatable bonds is 1. The highest BCUT2D eigenvalue weighted by atomic mass is 14.4. The summed E-state index contributed by atoms with van der Waals surface area (Å²) in [6.45, 7) is 2.34. The molecule has 2 saturated carbocycles. The minimum atomic E-state index is 0.993. The van der Waals surface area contributed by atoms with Crippen LogP contribution in [0.4, 0.5) is 0 Å². The normalized spacial score (nSPS) is 41.9. The fraction of sp³-hybridized carbons (Fsp3) is 0.750. The molecule has 44 valence electrons. The van der Waals surface area contributed by atoms with Gasteiger partial charge in [0.2, 0.25) is 0 Å². The molecule has 0 heterocycles. The fourth-order valence-electron chi connectivity index (χ4n) is 1.12. The summed E-state index contributed by atoms with van der Waals surface area (Å²) >= 11 is 0. The maximum atomic E-state index is 2.49. The van der Waals surface area contributed by atoms with Gasteiger partial charge in [0.1, 0.15) is 0 Å². The molecular formula is C8H12. The van der Waals surface area contributed by atoms with Gasteiger partial charge in [-0.1, -0.05) is 18.6 Å². The number of hydrogen-bond donors (Lipinski definition) is 0. The van der Waals surface area contributed by atoms with Gasteiger partial charge in [0.25, 0.3) is 0 Å². The van der Waals surface area contributed by atoms with E-state index < -0.39 is 0 Å². The van der Waals surface area contributed by atoms with Crippen molar-refractivity contribution in [2.24, 2.45) is 11.8 Å². The van der Waals surface area contributed by atoms with Crippen molar-refractivity contribution >= 4 is 0 Å². The highest BCUT2D eigenvalue weighted by Gasteiger charge is 2.31. The van der Waals surface area contributed by atoms with E-state index in [2.05, 4.69) is 13.0 Å². The van der Waals surface area contributed by atoms with E-state index in [1.807, 2.05) is 0 Å². The minimum absolute atomic E-state index is 0.993. The predicted molar refractivity (Wildman–Crippen MR) is 34.6 cm³/mol. The molecule has 8 heavy (non-hydrogen) atoms. The average molecular weight is 108 g/mol. The van der Waals surface area contributed by atoms with Crippen molar-refractivity contribution in [3.8, 4) is 0 Å². The van der Waals surface area contributed by atoms with Gasteiger partial charge in [-0.05, 0) is 31.1 Å². The van der Waals surface area contributed by atoms with E-state index in [1.165, 1.54) is 19.3 Å². The largest absolute Gasteiger partial charge is 0.0819 e. The van der Waals surface area contributed by atoms with Gasteiger partial charge in [-0.25, -0.2) is 0 Å². The van der Waals surface area contributed by atoms with E-state index >= 15 is 0 Å². The lowest BCUT2D eigenvalue weighted by Gasteiger charge is -1.77. The zero-order chi connectivity index (χ0) is 5.56. The van der Waals surface area contributed by atoms with Crippen LogP contribution >= 0.6 is 0 Å². The Morgan fingerprint density at radius 1 is 1.50 bits per heavy atom. The SMILES string of the molecule is CC1CC1C=C1CC1. The average Bonchev–Trinajstić information content (AvgIpc) is 2.52. The van der Waals surface area contributed by atoms with Crippen molar-refractivity contribution in [3.63, 3.8) is 0 Å². The molecule has 2 aliphatic rings. The molecule has 2 atom stereocenters. The van der Waals surface area contributed by atoms with E-state index in [9.17, 15) is 0 Å². The van der Waals surface area contributed by atoms with Crippen LogP contribution in [0.25, 0.3) is 0 Å². The molecule has 0 aromatic carbocycles. The second-order valence-electron chi connectivity index (χ2n) is 3.20. The van der Waals surface area contributed by atoms with Crippen molar-refractivity contribution in [2.45, 2.75) is 26.2 Å². The van der Waals surface area contributed by atoms with Crippen LogP contribution in [0.3, 0.4) is 0 Å². The third kappa shape index (κ3) is 0.795. The van der Waals surface area contributed by atoms with Crippen molar-refractivity contribution in [1.82, 2.24) is 0 Å². The summed E-state index contributed by atoms with van der Waals surface area (Å²) in [5.74, 6) is 2.01. The van der Waals surface area contributed by atoms with Crippen molar-refractivity contribution in [3.05, 3.63) is 11.6 Å². The second kappa shape index (κ2) is 1.37. The van der Waals surface area contributed by atoms with E-state index in [0.717, 1.165) is 11.8 Å². The Balaban J connectivity index is 1.92. The Hall–Kier alpha value is -0.260. The third-order valence-electron chi connectivity index (χ3n) is 2.16. The van der Waals surface area contributed by atoms with Gasteiger partial charge >= 0.3 is 0 Å². The minimum Gasteiger partial charge on any atom is -0.0819 e. The summed E-state index contributed by atoms with van der Waals surface area (Å²) in [5.41, 5.74) is 1.72. The summed E-state index contributed by atoms with van der Waals surface area (Å²) in [4.78, 5) is 0. The van der Waals surface area contributed by atoms with E-state index in [0.29, 0.717) is 0 Å². The molecule has 2 rings (SSSR count). The lowest BCUT2D eigenvalue weighted by atomic mass is 10.3. The van der Waals surface area contributed by atoms with E-state index in [4.69, 9.17) is 0 Å². The fourth-order valence-corrected chi connectivity index (χ4v) is 1.12. The van der Waals surface area contributed by atoms with Crippen LogP contribution in [0.5, 0.6) is 0 Å². The van der Waals surface area contributed by atoms with Crippen LogP contribution < -0.4 is 0 Å². The smallest absolute Gasteiger partial charge is 0.0202 e. The van der Waals surface area contributed by atoms with Crippen molar-refractivity contribution in [1.29, 1.82) is 0 Å². The molecule has 0 amide bonds. The molecule has 0 bridgehead atoms. The van der Waals surface area contributed by atoms with E-state index in [1.54, 1.807) is 5.57 Å². The molecule has 0 saturated heterocycles. The Kier molecular flexibility index (Phi) is 0.787. The second-order valence-corrected chi connectivity index (χ2v) is 3.20. The molecule has 0 spiro atoms. The monoisotopic (exact) mass is 108 g/mol. The van der Waals surface area contributed by atoms with Gasteiger partial charge in [0.15, 0.2) is 0 Å². The van der Waals surface area contributed by atoms with Crippen LogP contribution in [-0.2, 0) is 0 Å². The third-order valence-corrected chi connectivity index (χ3v) is 2.16. The van der Waals surface area contributed by atoms with Crippen LogP contribution in [0.1, 0.15) is 26.2 Å². The quantitative estimate of drug-likeness (QED) is 0.452. The van der Waals surface area contributed by atoms with Crippen LogP contribution in [0.2, 0.25) is 0 Å². The highest BCUT2D eigenvalue weighted by molar-refractivity contribution is 5.20. The summed E-state index contributed by atoms with van der Waals surface area (Å²) < 4.78 is 0. The standard InChI is InChI=1S/C8H12/c1-6-4-8(6)5-7-2-3-7/h5-6,8H,2-4H2,1H3. The maximum Gasteiger partial charge on any atom is -0.0202 e. The van der Waals surface area contributed by atoms with Gasteiger partial charge < -0.3 is 0 Å². The van der Waals surface area contributed by atoms with Gasteiger partial charge in [-0.3, -0.25) is 0 Å². The summed E-state index contributed by atoms with van der Waals surface area (Å²) in [7, 11) is 0. The topological polar surface area (TPSA) is 0 Å². The lowest BCUT2D eigenvalue weighted by Crippen LogP contribution is -1.66. The zero-order valence-corrected chi connectivity index (χ0v) is 5.35. The molecule has 0 aliphatic heterocycles. The summed E-state index contributed by atoms with van der Waals surface area (Å²) in [5, 5.41) is 0.